The fourth-order valence-electron chi connectivity index (χ4n) is 1.72. The first kappa shape index (κ1) is 12.4. The Bertz CT molecular complexity index is 595. The minimum atomic E-state index is -3.32. The molecule has 0 amide bonds. The van der Waals surface area contributed by atoms with E-state index in [1.54, 1.807) is 0 Å². The fraction of sp³-hybridized carbons (Fsp3) is 0.273. The van der Waals surface area contributed by atoms with E-state index < -0.39 is 25.0 Å². The second-order valence-electron chi connectivity index (χ2n) is 3.86. The van der Waals surface area contributed by atoms with Gasteiger partial charge in [-0.05, 0) is 12.1 Å². The number of rotatable bonds is 4. The van der Waals surface area contributed by atoms with E-state index in [1.165, 1.54) is 18.2 Å². The minimum Gasteiger partial charge on any atom is -0.478 e. The van der Waals surface area contributed by atoms with Crippen LogP contribution in [0.2, 0.25) is 0 Å². The lowest BCUT2D eigenvalue weighted by Gasteiger charge is -2.14. The highest BCUT2D eigenvalue weighted by Crippen LogP contribution is 2.22. The average molecular weight is 256 g/mol. The molecule has 5 nitrogen and oxygen atoms in total. The summed E-state index contributed by atoms with van der Waals surface area (Å²) in [5.74, 6) is -4.53. The maximum absolute atomic E-state index is 13.1. The summed E-state index contributed by atoms with van der Waals surface area (Å²) >= 11 is 0. The van der Waals surface area contributed by atoms with Crippen molar-refractivity contribution < 1.29 is 23.8 Å². The van der Waals surface area contributed by atoms with Crippen molar-refractivity contribution in [1.29, 1.82) is 0 Å². The Morgan fingerprint density at radius 3 is 2.78 bits per heavy atom. The number of fused-ring (bicyclic) bond motifs is 1. The standard InChI is InChI=1S/C11H10F2N2O3/c12-11(13,5-16)4-15-6-14-8-3-1-2-7(9(8)15)10(17)18/h1-3,6,16H,4-5H2,(H,17,18). The molecule has 0 fully saturated rings. The van der Waals surface area contributed by atoms with Gasteiger partial charge in [-0.15, -0.1) is 0 Å². The van der Waals surface area contributed by atoms with Crippen molar-refractivity contribution in [3.63, 3.8) is 0 Å². The zero-order valence-electron chi connectivity index (χ0n) is 9.18. The number of aromatic nitrogens is 2. The van der Waals surface area contributed by atoms with E-state index in [2.05, 4.69) is 4.98 Å². The summed E-state index contributed by atoms with van der Waals surface area (Å²) in [4.78, 5) is 14.9. The molecule has 2 rings (SSSR count). The number of carboxylic acid groups (broad SMARTS) is 1. The Labute approximate surface area is 100 Å². The second kappa shape index (κ2) is 4.34. The van der Waals surface area contributed by atoms with Crippen molar-refractivity contribution in [2.45, 2.75) is 12.5 Å². The quantitative estimate of drug-likeness (QED) is 0.866. The number of para-hydroxylation sites is 1. The molecule has 2 aromatic rings. The van der Waals surface area contributed by atoms with Gasteiger partial charge < -0.3 is 14.8 Å². The molecular weight excluding hydrogens is 246 g/mol. The molecule has 2 N–H and O–H groups in total. The summed E-state index contributed by atoms with van der Waals surface area (Å²) in [7, 11) is 0. The van der Waals surface area contributed by atoms with Crippen molar-refractivity contribution in [3.05, 3.63) is 30.1 Å². The van der Waals surface area contributed by atoms with Crippen LogP contribution < -0.4 is 0 Å². The maximum atomic E-state index is 13.1. The van der Waals surface area contributed by atoms with Gasteiger partial charge in [0, 0.05) is 0 Å². The monoisotopic (exact) mass is 256 g/mol. The molecule has 0 spiro atoms. The van der Waals surface area contributed by atoms with Gasteiger partial charge in [0.05, 0.1) is 29.5 Å². The SMILES string of the molecule is O=C(O)c1cccc2ncn(CC(F)(F)CO)c12. The number of aromatic carboxylic acids is 1. The van der Waals surface area contributed by atoms with E-state index in [0.29, 0.717) is 5.52 Å². The first-order valence-corrected chi connectivity index (χ1v) is 5.10. The number of hydrogen-bond acceptors (Lipinski definition) is 3. The molecule has 1 aromatic heterocycles. The van der Waals surface area contributed by atoms with Crippen LogP contribution in [0, 0.1) is 0 Å². The summed E-state index contributed by atoms with van der Waals surface area (Å²) in [5.41, 5.74) is 0.348. The molecule has 1 heterocycles. The van der Waals surface area contributed by atoms with E-state index in [4.69, 9.17) is 10.2 Å². The summed E-state index contributed by atoms with van der Waals surface area (Å²) in [6.07, 6.45) is 1.14. The van der Waals surface area contributed by atoms with Crippen molar-refractivity contribution in [1.82, 2.24) is 9.55 Å². The fourth-order valence-corrected chi connectivity index (χ4v) is 1.72. The molecule has 0 saturated heterocycles. The highest BCUT2D eigenvalue weighted by molar-refractivity contribution is 6.01. The van der Waals surface area contributed by atoms with Gasteiger partial charge in [-0.3, -0.25) is 0 Å². The molecule has 18 heavy (non-hydrogen) atoms. The predicted octanol–water partition coefficient (Wildman–Crippen LogP) is 1.36. The van der Waals surface area contributed by atoms with Crippen LogP contribution in [0.15, 0.2) is 24.5 Å². The van der Waals surface area contributed by atoms with E-state index in [9.17, 15) is 13.6 Å². The van der Waals surface area contributed by atoms with E-state index in [1.807, 2.05) is 0 Å². The first-order chi connectivity index (χ1) is 8.44. The Morgan fingerprint density at radius 2 is 2.17 bits per heavy atom. The van der Waals surface area contributed by atoms with Gasteiger partial charge >= 0.3 is 5.97 Å². The third-order valence-electron chi connectivity index (χ3n) is 2.50. The van der Waals surface area contributed by atoms with Gasteiger partial charge in [-0.2, -0.15) is 0 Å². The van der Waals surface area contributed by atoms with Crippen LogP contribution in [0.3, 0.4) is 0 Å². The molecular formula is C11H10F2N2O3. The van der Waals surface area contributed by atoms with Gasteiger partial charge in [0.2, 0.25) is 0 Å². The van der Waals surface area contributed by atoms with Crippen molar-refractivity contribution in [3.8, 4) is 0 Å². The molecule has 0 saturated carbocycles. The van der Waals surface area contributed by atoms with Gasteiger partial charge in [-0.1, -0.05) is 6.07 Å². The van der Waals surface area contributed by atoms with Crippen molar-refractivity contribution in [2.75, 3.05) is 6.61 Å². The number of nitrogens with zero attached hydrogens (tertiary/aromatic N) is 2. The Hall–Kier alpha value is -2.02. The molecule has 0 aliphatic carbocycles. The van der Waals surface area contributed by atoms with Crippen molar-refractivity contribution in [2.24, 2.45) is 0 Å². The molecule has 7 heteroatoms. The lowest BCUT2D eigenvalue weighted by atomic mass is 10.2. The molecule has 0 bridgehead atoms. The number of hydrogen-bond donors (Lipinski definition) is 2. The third-order valence-corrected chi connectivity index (χ3v) is 2.50. The topological polar surface area (TPSA) is 75.3 Å². The summed E-state index contributed by atoms with van der Waals surface area (Å²) in [5, 5.41) is 17.5. The second-order valence-corrected chi connectivity index (χ2v) is 3.86. The number of imidazole rings is 1. The zero-order chi connectivity index (χ0) is 13.3. The van der Waals surface area contributed by atoms with E-state index in [-0.39, 0.29) is 11.1 Å². The summed E-state index contributed by atoms with van der Waals surface area (Å²) in [6.45, 7) is -2.12. The molecule has 0 atom stereocenters. The van der Waals surface area contributed by atoms with Crippen LogP contribution in [-0.2, 0) is 6.54 Å². The Morgan fingerprint density at radius 1 is 1.44 bits per heavy atom. The third kappa shape index (κ3) is 2.17. The van der Waals surface area contributed by atoms with Crippen LogP contribution in [0.4, 0.5) is 8.78 Å². The Balaban J connectivity index is 2.55. The van der Waals surface area contributed by atoms with E-state index >= 15 is 0 Å². The van der Waals surface area contributed by atoms with Gasteiger partial charge in [0.25, 0.3) is 5.92 Å². The number of alkyl halides is 2. The number of aliphatic hydroxyl groups is 1. The number of halogens is 2. The summed E-state index contributed by atoms with van der Waals surface area (Å²) < 4.78 is 27.3. The lowest BCUT2D eigenvalue weighted by Crippen LogP contribution is -2.27. The number of aliphatic hydroxyl groups excluding tert-OH is 1. The molecule has 0 radical (unpaired) electrons. The number of carboxylic acids is 1. The number of carbonyl (C=O) groups is 1. The summed E-state index contributed by atoms with van der Waals surface area (Å²) in [6, 6.07) is 4.35. The maximum Gasteiger partial charge on any atom is 0.337 e. The molecule has 0 aliphatic rings. The van der Waals surface area contributed by atoms with Crippen LogP contribution >= 0.6 is 0 Å². The lowest BCUT2D eigenvalue weighted by molar-refractivity contribution is -0.0621. The van der Waals surface area contributed by atoms with Gasteiger partial charge in [-0.25, -0.2) is 18.6 Å². The average Bonchev–Trinajstić information content (AvgIpc) is 2.72. The van der Waals surface area contributed by atoms with Crippen LogP contribution in [-0.4, -0.2) is 38.3 Å². The smallest absolute Gasteiger partial charge is 0.337 e. The minimum absolute atomic E-state index is 0.0984. The highest BCUT2D eigenvalue weighted by atomic mass is 19.3. The van der Waals surface area contributed by atoms with Crippen molar-refractivity contribution >= 4 is 17.0 Å². The van der Waals surface area contributed by atoms with Crippen LogP contribution in [0.25, 0.3) is 11.0 Å². The highest BCUT2D eigenvalue weighted by Gasteiger charge is 2.29. The molecule has 0 aliphatic heterocycles. The van der Waals surface area contributed by atoms with Crippen LogP contribution in [0.5, 0.6) is 0 Å². The number of benzene rings is 1. The molecule has 1 aromatic carbocycles. The largest absolute Gasteiger partial charge is 0.478 e. The van der Waals surface area contributed by atoms with Crippen LogP contribution in [0.1, 0.15) is 10.4 Å². The molecule has 0 unspecified atom stereocenters. The normalized spacial score (nSPS) is 11.9. The van der Waals surface area contributed by atoms with Gasteiger partial charge in [0.1, 0.15) is 6.61 Å². The Kier molecular flexibility index (Phi) is 3.00. The van der Waals surface area contributed by atoms with E-state index in [0.717, 1.165) is 10.9 Å². The molecule has 96 valence electrons. The predicted molar refractivity (Wildman–Crippen MR) is 58.7 cm³/mol. The zero-order valence-corrected chi connectivity index (χ0v) is 9.18. The van der Waals surface area contributed by atoms with Gasteiger partial charge in [0.15, 0.2) is 0 Å². The first-order valence-electron chi connectivity index (χ1n) is 5.10.